The number of nitrogens with one attached hydrogen (secondary N) is 3. The SMILES string of the molecule is CCC(C)[C@@H]([C@@H](CC(O)N1CCCC1C(C=O)C(C)C(=O)N[C@@H](Cc1ccccc1)C(O)OC(C)(C)C)OC)N(C)C(=O)[C@@H](NC(O)C(NC)C(C)C)C(C)C. The Morgan fingerprint density at radius 3 is 2.16 bits per heavy atom. The predicted octanol–water partition coefficient (Wildman–Crippen LogP) is 3.54. The molecule has 0 spiro atoms. The molecule has 13 nitrogen and oxygen atoms in total. The lowest BCUT2D eigenvalue weighted by atomic mass is 9.85. The molecule has 0 saturated carbocycles. The van der Waals surface area contributed by atoms with E-state index in [2.05, 4.69) is 29.8 Å². The molecule has 1 saturated heterocycles. The zero-order valence-electron chi connectivity index (χ0n) is 36.6. The first-order valence-corrected chi connectivity index (χ1v) is 20.7. The molecule has 1 aliphatic rings. The number of benzene rings is 1. The van der Waals surface area contributed by atoms with Gasteiger partial charge in [-0.05, 0) is 70.4 Å². The summed E-state index contributed by atoms with van der Waals surface area (Å²) >= 11 is 0. The number of ether oxygens (including phenoxy) is 2. The highest BCUT2D eigenvalue weighted by atomic mass is 16.6. The fourth-order valence-corrected chi connectivity index (χ4v) is 8.18. The number of rotatable bonds is 24. The van der Waals surface area contributed by atoms with Gasteiger partial charge in [-0.2, -0.15) is 0 Å². The predicted molar refractivity (Wildman–Crippen MR) is 220 cm³/mol. The second-order valence-corrected chi connectivity index (χ2v) is 17.6. The molecule has 6 N–H and O–H groups in total. The Morgan fingerprint density at radius 2 is 1.66 bits per heavy atom. The van der Waals surface area contributed by atoms with Crippen LogP contribution in [-0.4, -0.2) is 132 Å². The highest BCUT2D eigenvalue weighted by Crippen LogP contribution is 2.32. The fourth-order valence-electron chi connectivity index (χ4n) is 8.18. The van der Waals surface area contributed by atoms with Gasteiger partial charge in [0.15, 0.2) is 6.29 Å². The number of amides is 2. The van der Waals surface area contributed by atoms with E-state index < -0.39 is 66.5 Å². The Kier molecular flexibility index (Phi) is 20.6. The number of carbonyl (C=O) groups is 3. The molecule has 2 amide bonds. The highest BCUT2D eigenvalue weighted by Gasteiger charge is 2.43. The number of hydrogen-bond acceptors (Lipinski definition) is 11. The summed E-state index contributed by atoms with van der Waals surface area (Å²) in [5, 5.41) is 43.4. The van der Waals surface area contributed by atoms with Crippen LogP contribution >= 0.6 is 0 Å². The molecule has 1 heterocycles. The van der Waals surface area contributed by atoms with E-state index in [-0.39, 0.29) is 42.0 Å². The fraction of sp³-hybridized carbons (Fsp3) is 0.791. The van der Waals surface area contributed by atoms with Crippen LogP contribution in [0.3, 0.4) is 0 Å². The Hall–Kier alpha value is -2.49. The summed E-state index contributed by atoms with van der Waals surface area (Å²) in [6, 6.07) is 7.00. The van der Waals surface area contributed by atoms with Gasteiger partial charge in [0.05, 0.1) is 29.8 Å². The molecule has 1 fully saturated rings. The molecule has 0 aliphatic carbocycles. The molecule has 322 valence electrons. The monoisotopic (exact) mass is 792 g/mol. The van der Waals surface area contributed by atoms with Crippen LogP contribution in [0.2, 0.25) is 0 Å². The molecule has 0 bridgehead atoms. The van der Waals surface area contributed by atoms with Gasteiger partial charge in [-0.25, -0.2) is 0 Å². The van der Waals surface area contributed by atoms with Gasteiger partial charge in [-0.3, -0.25) is 19.8 Å². The number of aldehydes is 1. The maximum Gasteiger partial charge on any atom is 0.240 e. The number of likely N-dealkylation sites (tertiary alicyclic amines) is 1. The topological polar surface area (TPSA) is 173 Å². The molecule has 56 heavy (non-hydrogen) atoms. The lowest BCUT2D eigenvalue weighted by Crippen LogP contribution is -2.61. The third-order valence-electron chi connectivity index (χ3n) is 11.6. The van der Waals surface area contributed by atoms with E-state index in [1.165, 1.54) is 0 Å². The number of likely N-dealkylation sites (N-methyl/N-ethyl adjacent to an activating group) is 2. The smallest absolute Gasteiger partial charge is 0.240 e. The standard InChI is InChI=1S/C43H77N5O8/c1-14-28(6)38(47(12)41(53)37(27(4)5)46-40(52)36(44-11)26(2)3)34(55-13)24-35(50)48-22-18-21-33(48)31(25-49)29(7)39(51)45-32(42(54)56-43(8,9)10)23-30-19-16-15-17-20-30/h15-17,19-20,25-29,31-38,40,42,44,46,50,52,54H,14,18,21-24H2,1-13H3,(H,45,51)/t28?,29?,31?,32-,33?,34+,35?,36?,37-,38-,40?,42?/m0/s1. The number of hydrogen-bond donors (Lipinski definition) is 6. The van der Waals surface area contributed by atoms with Crippen LogP contribution in [0.1, 0.15) is 100 Å². The normalized spacial score (nSPS) is 21.4. The molecular weight excluding hydrogens is 714 g/mol. The molecule has 0 aromatic heterocycles. The summed E-state index contributed by atoms with van der Waals surface area (Å²) in [4.78, 5) is 44.5. The van der Waals surface area contributed by atoms with Gasteiger partial charge in [0.2, 0.25) is 11.8 Å². The van der Waals surface area contributed by atoms with Crippen molar-refractivity contribution in [1.29, 1.82) is 0 Å². The Balaban J connectivity index is 2.30. The maximum absolute atomic E-state index is 14.2. The van der Waals surface area contributed by atoms with Gasteiger partial charge >= 0.3 is 0 Å². The van der Waals surface area contributed by atoms with Crippen molar-refractivity contribution in [1.82, 2.24) is 25.8 Å². The Labute approximate surface area is 337 Å². The third kappa shape index (κ3) is 14.1. The van der Waals surface area contributed by atoms with Crippen LogP contribution in [0.25, 0.3) is 0 Å². The molecule has 1 aromatic rings. The second kappa shape index (κ2) is 23.2. The largest absolute Gasteiger partial charge is 0.379 e. The van der Waals surface area contributed by atoms with E-state index in [4.69, 9.17) is 9.47 Å². The van der Waals surface area contributed by atoms with Crippen molar-refractivity contribution in [3.63, 3.8) is 0 Å². The minimum Gasteiger partial charge on any atom is -0.379 e. The Morgan fingerprint density at radius 1 is 1.04 bits per heavy atom. The summed E-state index contributed by atoms with van der Waals surface area (Å²) in [5.74, 6) is -2.07. The summed E-state index contributed by atoms with van der Waals surface area (Å²) in [5.41, 5.74) is 0.253. The molecule has 2 rings (SSSR count). The van der Waals surface area contributed by atoms with E-state index in [9.17, 15) is 29.7 Å². The third-order valence-corrected chi connectivity index (χ3v) is 11.6. The summed E-state index contributed by atoms with van der Waals surface area (Å²) in [6.45, 7) is 19.7. The second-order valence-electron chi connectivity index (χ2n) is 17.6. The van der Waals surface area contributed by atoms with E-state index in [0.29, 0.717) is 19.4 Å². The van der Waals surface area contributed by atoms with Gasteiger partial charge in [0, 0.05) is 51.0 Å². The van der Waals surface area contributed by atoms with E-state index in [1.807, 2.05) is 83.7 Å². The van der Waals surface area contributed by atoms with Crippen molar-refractivity contribution in [2.75, 3.05) is 27.7 Å². The lowest BCUT2D eigenvalue weighted by Gasteiger charge is -2.42. The van der Waals surface area contributed by atoms with Crippen LogP contribution in [0.5, 0.6) is 0 Å². The van der Waals surface area contributed by atoms with E-state index in [0.717, 1.165) is 24.7 Å². The Bertz CT molecular complexity index is 1310. The average molecular weight is 792 g/mol. The van der Waals surface area contributed by atoms with E-state index in [1.54, 1.807) is 33.0 Å². The molecule has 12 atom stereocenters. The number of nitrogens with zero attached hydrogens (tertiary/aromatic N) is 2. The highest BCUT2D eigenvalue weighted by molar-refractivity contribution is 5.83. The molecule has 13 heteroatoms. The first kappa shape index (κ1) is 49.7. The van der Waals surface area contributed by atoms with Crippen LogP contribution in [0.15, 0.2) is 30.3 Å². The zero-order chi connectivity index (χ0) is 42.5. The van der Waals surface area contributed by atoms with Crippen LogP contribution < -0.4 is 16.0 Å². The summed E-state index contributed by atoms with van der Waals surface area (Å²) < 4.78 is 11.9. The summed E-state index contributed by atoms with van der Waals surface area (Å²) in [7, 11) is 5.13. The first-order chi connectivity index (χ1) is 26.2. The molecule has 1 aromatic carbocycles. The van der Waals surface area contributed by atoms with Gasteiger partial charge in [0.25, 0.3) is 0 Å². The van der Waals surface area contributed by atoms with Crippen molar-refractivity contribution >= 4 is 18.1 Å². The van der Waals surface area contributed by atoms with Crippen LogP contribution in [-0.2, 0) is 30.3 Å². The van der Waals surface area contributed by atoms with Crippen molar-refractivity contribution < 1.29 is 39.2 Å². The average Bonchev–Trinajstić information content (AvgIpc) is 3.62. The number of aliphatic hydroxyl groups is 3. The van der Waals surface area contributed by atoms with Crippen molar-refractivity contribution in [3.8, 4) is 0 Å². The molecule has 0 radical (unpaired) electrons. The number of aliphatic hydroxyl groups excluding tert-OH is 3. The lowest BCUT2D eigenvalue weighted by molar-refractivity contribution is -0.182. The molecular formula is C43H77N5O8. The minimum atomic E-state index is -1.29. The van der Waals surface area contributed by atoms with Gasteiger partial charge < -0.3 is 45.1 Å². The van der Waals surface area contributed by atoms with Crippen molar-refractivity contribution in [3.05, 3.63) is 35.9 Å². The quantitative estimate of drug-likeness (QED) is 0.0669. The van der Waals surface area contributed by atoms with Gasteiger partial charge in [-0.1, -0.05) is 85.2 Å². The first-order valence-electron chi connectivity index (χ1n) is 20.7. The van der Waals surface area contributed by atoms with Crippen molar-refractivity contribution in [2.24, 2.45) is 29.6 Å². The minimum absolute atomic E-state index is 0.00168. The van der Waals surface area contributed by atoms with Crippen LogP contribution in [0, 0.1) is 29.6 Å². The van der Waals surface area contributed by atoms with Crippen molar-refractivity contribution in [2.45, 2.75) is 162 Å². The number of carbonyl (C=O) groups excluding carboxylic acids is 3. The van der Waals surface area contributed by atoms with Crippen LogP contribution in [0.4, 0.5) is 0 Å². The summed E-state index contributed by atoms with van der Waals surface area (Å²) in [6.07, 6.45) is -0.430. The maximum atomic E-state index is 14.2. The van der Waals surface area contributed by atoms with E-state index >= 15 is 0 Å². The molecule has 8 unspecified atom stereocenters. The molecule has 1 aliphatic heterocycles. The van der Waals surface area contributed by atoms with Gasteiger partial charge in [0.1, 0.15) is 18.7 Å². The zero-order valence-corrected chi connectivity index (χ0v) is 36.6. The number of methoxy groups -OCH3 is 1. The van der Waals surface area contributed by atoms with Gasteiger partial charge in [-0.15, -0.1) is 0 Å².